The van der Waals surface area contributed by atoms with Crippen LogP contribution in [0.1, 0.15) is 24.4 Å². The summed E-state index contributed by atoms with van der Waals surface area (Å²) in [7, 11) is 0. The third-order valence-corrected chi connectivity index (χ3v) is 3.92. The second-order valence-electron chi connectivity index (χ2n) is 5.42. The Bertz CT molecular complexity index is 524. The van der Waals surface area contributed by atoms with E-state index in [0.717, 1.165) is 36.9 Å². The van der Waals surface area contributed by atoms with Crippen molar-refractivity contribution in [2.24, 2.45) is 5.92 Å². The maximum Gasteiger partial charge on any atom is 0.107 e. The van der Waals surface area contributed by atoms with Gasteiger partial charge in [0.05, 0.1) is 5.69 Å². The third kappa shape index (κ3) is 2.87. The van der Waals surface area contributed by atoms with E-state index in [0.29, 0.717) is 0 Å². The number of aromatic nitrogens is 2. The first-order valence-corrected chi connectivity index (χ1v) is 7.14. The lowest BCUT2D eigenvalue weighted by Gasteiger charge is -2.21. The van der Waals surface area contributed by atoms with Crippen molar-refractivity contribution in [2.45, 2.75) is 26.2 Å². The number of benzene rings is 1. The van der Waals surface area contributed by atoms with E-state index in [9.17, 15) is 0 Å². The van der Waals surface area contributed by atoms with Crippen LogP contribution in [0.4, 0.5) is 0 Å². The van der Waals surface area contributed by atoms with Crippen LogP contribution in [0.5, 0.6) is 0 Å². The summed E-state index contributed by atoms with van der Waals surface area (Å²) in [6.07, 6.45) is 3.61. The van der Waals surface area contributed by atoms with Gasteiger partial charge in [-0.1, -0.05) is 30.3 Å². The molecule has 3 nitrogen and oxygen atoms in total. The highest BCUT2D eigenvalue weighted by Crippen LogP contribution is 2.23. The zero-order valence-corrected chi connectivity index (χ0v) is 11.4. The lowest BCUT2D eigenvalue weighted by Crippen LogP contribution is -2.28. The van der Waals surface area contributed by atoms with Crippen molar-refractivity contribution in [1.29, 1.82) is 0 Å². The molecule has 0 amide bonds. The van der Waals surface area contributed by atoms with Crippen LogP contribution in [0.2, 0.25) is 0 Å². The van der Waals surface area contributed by atoms with Gasteiger partial charge in [-0.15, -0.1) is 0 Å². The van der Waals surface area contributed by atoms with E-state index >= 15 is 0 Å². The predicted molar refractivity (Wildman–Crippen MR) is 78.1 cm³/mol. The maximum absolute atomic E-state index is 4.80. The Morgan fingerprint density at radius 2 is 1.89 bits per heavy atom. The monoisotopic (exact) mass is 255 g/mol. The Kier molecular flexibility index (Phi) is 3.65. The summed E-state index contributed by atoms with van der Waals surface area (Å²) in [5.41, 5.74) is 3.48. The molecule has 0 radical (unpaired) electrons. The van der Waals surface area contributed by atoms with Crippen molar-refractivity contribution in [3.63, 3.8) is 0 Å². The fraction of sp³-hybridized carbons (Fsp3) is 0.438. The smallest absolute Gasteiger partial charge is 0.107 e. The summed E-state index contributed by atoms with van der Waals surface area (Å²) in [6, 6.07) is 10.4. The van der Waals surface area contributed by atoms with Crippen LogP contribution in [-0.4, -0.2) is 23.1 Å². The van der Waals surface area contributed by atoms with Gasteiger partial charge in [-0.2, -0.15) is 0 Å². The second-order valence-corrected chi connectivity index (χ2v) is 5.42. The summed E-state index contributed by atoms with van der Waals surface area (Å²) < 4.78 is 0. The molecule has 0 bridgehead atoms. The number of aromatic amines is 1. The standard InChI is InChI=1S/C16H21N3/c1-12-16(14-5-3-2-4-6-14)19-15(18-12)11-13-7-9-17-10-8-13/h2-6,13,17H,7-11H2,1H3,(H,18,19). The molecule has 1 aliphatic rings. The first-order chi connectivity index (χ1) is 9.33. The predicted octanol–water partition coefficient (Wildman–Crippen LogP) is 2.93. The molecule has 1 saturated heterocycles. The van der Waals surface area contributed by atoms with Gasteiger partial charge in [-0.25, -0.2) is 4.98 Å². The van der Waals surface area contributed by atoms with Crippen molar-refractivity contribution in [1.82, 2.24) is 15.3 Å². The number of nitrogens with one attached hydrogen (secondary N) is 2. The normalized spacial score (nSPS) is 16.7. The van der Waals surface area contributed by atoms with Gasteiger partial charge in [0.2, 0.25) is 0 Å². The maximum atomic E-state index is 4.80. The molecule has 3 heteroatoms. The number of rotatable bonds is 3. The van der Waals surface area contributed by atoms with E-state index in [1.165, 1.54) is 24.1 Å². The van der Waals surface area contributed by atoms with Crippen LogP contribution in [-0.2, 0) is 6.42 Å². The van der Waals surface area contributed by atoms with Crippen molar-refractivity contribution < 1.29 is 0 Å². The number of nitrogens with zero attached hydrogens (tertiary/aromatic N) is 1. The quantitative estimate of drug-likeness (QED) is 0.885. The number of H-pyrrole nitrogens is 1. The molecular weight excluding hydrogens is 234 g/mol. The van der Waals surface area contributed by atoms with Gasteiger partial charge in [0.1, 0.15) is 5.82 Å². The highest BCUT2D eigenvalue weighted by atomic mass is 14.9. The fourth-order valence-corrected chi connectivity index (χ4v) is 2.86. The Morgan fingerprint density at radius 3 is 2.63 bits per heavy atom. The molecule has 2 N–H and O–H groups in total. The number of hydrogen-bond acceptors (Lipinski definition) is 2. The van der Waals surface area contributed by atoms with E-state index in [4.69, 9.17) is 4.98 Å². The molecule has 2 aromatic rings. The molecule has 0 saturated carbocycles. The topological polar surface area (TPSA) is 40.7 Å². The second kappa shape index (κ2) is 5.57. The van der Waals surface area contributed by atoms with Crippen LogP contribution in [0, 0.1) is 12.8 Å². The van der Waals surface area contributed by atoms with Crippen molar-refractivity contribution in [3.05, 3.63) is 41.9 Å². The largest absolute Gasteiger partial charge is 0.346 e. The van der Waals surface area contributed by atoms with Crippen molar-refractivity contribution in [2.75, 3.05) is 13.1 Å². The molecule has 1 aliphatic heterocycles. The molecule has 19 heavy (non-hydrogen) atoms. The van der Waals surface area contributed by atoms with Crippen LogP contribution >= 0.6 is 0 Å². The Morgan fingerprint density at radius 1 is 1.16 bits per heavy atom. The summed E-state index contributed by atoms with van der Waals surface area (Å²) >= 11 is 0. The van der Waals surface area contributed by atoms with Crippen LogP contribution in [0.15, 0.2) is 30.3 Å². The van der Waals surface area contributed by atoms with E-state index in [1.54, 1.807) is 0 Å². The zero-order valence-electron chi connectivity index (χ0n) is 11.4. The van der Waals surface area contributed by atoms with Gasteiger partial charge in [0.25, 0.3) is 0 Å². The Labute approximate surface area is 114 Å². The van der Waals surface area contributed by atoms with Crippen LogP contribution < -0.4 is 5.32 Å². The van der Waals surface area contributed by atoms with Gasteiger partial charge < -0.3 is 10.3 Å². The average Bonchev–Trinajstić information content (AvgIpc) is 2.82. The number of piperidine rings is 1. The van der Waals surface area contributed by atoms with Gasteiger partial charge in [0, 0.05) is 17.7 Å². The summed E-state index contributed by atoms with van der Waals surface area (Å²) in [6.45, 7) is 4.41. The molecule has 3 rings (SSSR count). The van der Waals surface area contributed by atoms with E-state index in [2.05, 4.69) is 41.5 Å². The molecule has 1 fully saturated rings. The summed E-state index contributed by atoms with van der Waals surface area (Å²) in [5, 5.41) is 3.41. The zero-order chi connectivity index (χ0) is 13.1. The molecule has 1 aromatic heterocycles. The number of hydrogen-bond donors (Lipinski definition) is 2. The molecule has 0 aliphatic carbocycles. The van der Waals surface area contributed by atoms with E-state index in [-0.39, 0.29) is 0 Å². The minimum atomic E-state index is 0.774. The fourth-order valence-electron chi connectivity index (χ4n) is 2.86. The average molecular weight is 255 g/mol. The minimum Gasteiger partial charge on any atom is -0.346 e. The van der Waals surface area contributed by atoms with E-state index in [1.807, 2.05) is 6.07 Å². The lowest BCUT2D eigenvalue weighted by molar-refractivity contribution is 0.368. The number of imidazole rings is 1. The van der Waals surface area contributed by atoms with Gasteiger partial charge in [-0.05, 0) is 38.8 Å². The molecular formula is C16H21N3. The summed E-state index contributed by atoms with van der Waals surface area (Å²) in [5.74, 6) is 1.92. The molecule has 100 valence electrons. The Balaban J connectivity index is 1.77. The van der Waals surface area contributed by atoms with Gasteiger partial charge in [-0.3, -0.25) is 0 Å². The van der Waals surface area contributed by atoms with E-state index < -0.39 is 0 Å². The minimum absolute atomic E-state index is 0.774. The highest BCUT2D eigenvalue weighted by molar-refractivity contribution is 5.61. The van der Waals surface area contributed by atoms with Gasteiger partial charge in [0.15, 0.2) is 0 Å². The molecule has 0 atom stereocenters. The molecule has 0 spiro atoms. The SMILES string of the molecule is Cc1[nH]c(CC2CCNCC2)nc1-c1ccccc1. The summed E-state index contributed by atoms with van der Waals surface area (Å²) in [4.78, 5) is 8.26. The van der Waals surface area contributed by atoms with Crippen molar-refractivity contribution >= 4 is 0 Å². The number of aryl methyl sites for hydroxylation is 1. The van der Waals surface area contributed by atoms with Gasteiger partial charge >= 0.3 is 0 Å². The molecule has 0 unspecified atom stereocenters. The first-order valence-electron chi connectivity index (χ1n) is 7.14. The molecule has 1 aromatic carbocycles. The van der Waals surface area contributed by atoms with Crippen molar-refractivity contribution in [3.8, 4) is 11.3 Å². The first kappa shape index (κ1) is 12.4. The Hall–Kier alpha value is -1.61. The lowest BCUT2D eigenvalue weighted by atomic mass is 9.94. The van der Waals surface area contributed by atoms with Crippen LogP contribution in [0.3, 0.4) is 0 Å². The highest BCUT2D eigenvalue weighted by Gasteiger charge is 2.16. The third-order valence-electron chi connectivity index (χ3n) is 3.92. The van der Waals surface area contributed by atoms with Crippen LogP contribution in [0.25, 0.3) is 11.3 Å². The molecule has 2 heterocycles.